The molecule has 134 valence electrons. The number of hydrogen-bond donors (Lipinski definition) is 1. The first kappa shape index (κ1) is 17.0. The topological polar surface area (TPSA) is 59.3 Å². The van der Waals surface area contributed by atoms with Crippen LogP contribution < -0.4 is 5.43 Å². The van der Waals surface area contributed by atoms with E-state index in [1.807, 2.05) is 42.5 Å². The Labute approximate surface area is 157 Å². The molecule has 2 aromatic heterocycles. The summed E-state index contributed by atoms with van der Waals surface area (Å²) >= 11 is 0. The number of nitrogens with zero attached hydrogens (tertiary/aromatic N) is 3. The van der Waals surface area contributed by atoms with E-state index in [4.69, 9.17) is 0 Å². The fourth-order valence-electron chi connectivity index (χ4n) is 3.25. The average Bonchev–Trinajstić information content (AvgIpc) is 3.02. The molecule has 0 aliphatic carbocycles. The monoisotopic (exact) mass is 356 g/mol. The standard InChI is InChI=1S/C22H20N4O/c1-16-15-26(21-7-3-2-6-19(16)21)12-10-22(27)25-24-14-17-8-9-20-18(13-17)5-4-11-23-20/h2-9,11,13-15H,10,12H2,1H3,(H,25,27). The van der Waals surface area contributed by atoms with E-state index < -0.39 is 0 Å². The molecule has 5 heteroatoms. The van der Waals surface area contributed by atoms with Gasteiger partial charge in [-0.15, -0.1) is 0 Å². The van der Waals surface area contributed by atoms with Gasteiger partial charge in [-0.25, -0.2) is 5.43 Å². The third-order valence-corrected chi connectivity index (χ3v) is 4.60. The van der Waals surface area contributed by atoms with Crippen molar-refractivity contribution in [3.63, 3.8) is 0 Å². The van der Waals surface area contributed by atoms with Crippen LogP contribution in [0.2, 0.25) is 0 Å². The van der Waals surface area contributed by atoms with E-state index in [1.54, 1.807) is 12.4 Å². The van der Waals surface area contributed by atoms with Crippen molar-refractivity contribution in [3.8, 4) is 0 Å². The highest BCUT2D eigenvalue weighted by molar-refractivity contribution is 5.89. The van der Waals surface area contributed by atoms with Crippen LogP contribution in [-0.2, 0) is 11.3 Å². The highest BCUT2D eigenvalue weighted by atomic mass is 16.2. The third-order valence-electron chi connectivity index (χ3n) is 4.60. The van der Waals surface area contributed by atoms with Crippen molar-refractivity contribution in [2.45, 2.75) is 19.9 Å². The number of para-hydroxylation sites is 1. The number of carbonyl (C=O) groups is 1. The quantitative estimate of drug-likeness (QED) is 0.433. The summed E-state index contributed by atoms with van der Waals surface area (Å²) in [5.41, 5.74) is 6.83. The zero-order valence-electron chi connectivity index (χ0n) is 15.1. The fraction of sp³-hybridized carbons (Fsp3) is 0.136. The van der Waals surface area contributed by atoms with E-state index in [2.05, 4.69) is 45.3 Å². The number of fused-ring (bicyclic) bond motifs is 2. The maximum absolute atomic E-state index is 12.1. The summed E-state index contributed by atoms with van der Waals surface area (Å²) in [6.45, 7) is 2.71. The predicted octanol–water partition coefficient (Wildman–Crippen LogP) is 4.04. The minimum atomic E-state index is -0.107. The van der Waals surface area contributed by atoms with E-state index in [0.717, 1.165) is 22.0 Å². The minimum absolute atomic E-state index is 0.107. The molecule has 27 heavy (non-hydrogen) atoms. The molecule has 0 unspecified atom stereocenters. The van der Waals surface area contributed by atoms with Crippen molar-refractivity contribution in [3.05, 3.63) is 78.1 Å². The zero-order chi connectivity index (χ0) is 18.6. The van der Waals surface area contributed by atoms with Crippen LogP contribution in [0.5, 0.6) is 0 Å². The Balaban J connectivity index is 1.36. The molecule has 2 aromatic carbocycles. The molecule has 2 heterocycles. The molecule has 0 atom stereocenters. The van der Waals surface area contributed by atoms with Gasteiger partial charge in [-0.3, -0.25) is 9.78 Å². The van der Waals surface area contributed by atoms with E-state index in [9.17, 15) is 4.79 Å². The number of pyridine rings is 1. The van der Waals surface area contributed by atoms with Crippen LogP contribution in [0, 0.1) is 6.92 Å². The molecule has 0 fully saturated rings. The van der Waals surface area contributed by atoms with Crippen LogP contribution >= 0.6 is 0 Å². The first-order valence-electron chi connectivity index (χ1n) is 8.92. The van der Waals surface area contributed by atoms with Crippen molar-refractivity contribution in [1.29, 1.82) is 0 Å². The van der Waals surface area contributed by atoms with Gasteiger partial charge in [-0.2, -0.15) is 5.10 Å². The number of hydrogen-bond acceptors (Lipinski definition) is 3. The molecule has 0 aliphatic heterocycles. The highest BCUT2D eigenvalue weighted by Gasteiger charge is 2.06. The average molecular weight is 356 g/mol. The van der Waals surface area contributed by atoms with Gasteiger partial charge >= 0.3 is 0 Å². The van der Waals surface area contributed by atoms with Gasteiger partial charge in [0, 0.05) is 41.6 Å². The van der Waals surface area contributed by atoms with Crippen molar-refractivity contribution < 1.29 is 4.79 Å². The molecule has 5 nitrogen and oxygen atoms in total. The molecule has 1 amide bonds. The van der Waals surface area contributed by atoms with Gasteiger partial charge in [0.15, 0.2) is 0 Å². The van der Waals surface area contributed by atoms with Crippen molar-refractivity contribution in [2.75, 3.05) is 0 Å². The third kappa shape index (κ3) is 3.72. The first-order chi connectivity index (χ1) is 13.2. The highest BCUT2D eigenvalue weighted by Crippen LogP contribution is 2.20. The molecule has 0 spiro atoms. The van der Waals surface area contributed by atoms with Gasteiger partial charge in [0.2, 0.25) is 5.91 Å². The number of benzene rings is 2. The summed E-state index contributed by atoms with van der Waals surface area (Å²) in [6, 6.07) is 18.0. The number of carbonyl (C=O) groups excluding carboxylic acids is 1. The lowest BCUT2D eigenvalue weighted by molar-refractivity contribution is -0.121. The second kappa shape index (κ2) is 7.41. The minimum Gasteiger partial charge on any atom is -0.347 e. The lowest BCUT2D eigenvalue weighted by Gasteiger charge is -2.04. The van der Waals surface area contributed by atoms with Crippen LogP contribution in [0.4, 0.5) is 0 Å². The van der Waals surface area contributed by atoms with E-state index in [-0.39, 0.29) is 5.91 Å². The second-order valence-corrected chi connectivity index (χ2v) is 6.52. The Morgan fingerprint density at radius 2 is 2.07 bits per heavy atom. The Morgan fingerprint density at radius 1 is 1.19 bits per heavy atom. The SMILES string of the molecule is Cc1cn(CCC(=O)NN=Cc2ccc3ncccc3c2)c2ccccc12. The predicted molar refractivity (Wildman–Crippen MR) is 109 cm³/mol. The Hall–Kier alpha value is -3.47. The molecular formula is C22H20N4O. The Bertz CT molecular complexity index is 1140. The summed E-state index contributed by atoms with van der Waals surface area (Å²) in [5.74, 6) is -0.107. The summed E-state index contributed by atoms with van der Waals surface area (Å²) in [4.78, 5) is 16.4. The van der Waals surface area contributed by atoms with Crippen LogP contribution in [0.3, 0.4) is 0 Å². The van der Waals surface area contributed by atoms with Gasteiger partial charge < -0.3 is 4.57 Å². The summed E-state index contributed by atoms with van der Waals surface area (Å²) < 4.78 is 2.12. The molecule has 0 aliphatic rings. The lowest BCUT2D eigenvalue weighted by Crippen LogP contribution is -2.19. The van der Waals surface area contributed by atoms with Crippen molar-refractivity contribution in [1.82, 2.24) is 15.0 Å². The Morgan fingerprint density at radius 3 is 3.00 bits per heavy atom. The smallest absolute Gasteiger partial charge is 0.241 e. The number of aryl methyl sites for hydroxylation is 2. The van der Waals surface area contributed by atoms with Gasteiger partial charge in [-0.1, -0.05) is 30.3 Å². The molecule has 1 N–H and O–H groups in total. The molecule has 4 rings (SSSR count). The maximum Gasteiger partial charge on any atom is 0.241 e. The number of amides is 1. The van der Waals surface area contributed by atoms with Crippen molar-refractivity contribution in [2.24, 2.45) is 5.10 Å². The van der Waals surface area contributed by atoms with Gasteiger partial charge in [0.05, 0.1) is 11.7 Å². The molecule has 0 radical (unpaired) electrons. The largest absolute Gasteiger partial charge is 0.347 e. The molecule has 0 bridgehead atoms. The maximum atomic E-state index is 12.1. The summed E-state index contributed by atoms with van der Waals surface area (Å²) in [7, 11) is 0. The first-order valence-corrected chi connectivity index (χ1v) is 8.92. The number of rotatable bonds is 5. The fourth-order valence-corrected chi connectivity index (χ4v) is 3.25. The number of hydrazone groups is 1. The van der Waals surface area contributed by atoms with E-state index >= 15 is 0 Å². The summed E-state index contributed by atoms with van der Waals surface area (Å²) in [6.07, 6.45) is 5.88. The Kier molecular flexibility index (Phi) is 4.66. The van der Waals surface area contributed by atoms with Crippen LogP contribution in [0.15, 0.2) is 72.1 Å². The zero-order valence-corrected chi connectivity index (χ0v) is 15.1. The van der Waals surface area contributed by atoms with E-state index in [0.29, 0.717) is 13.0 Å². The normalized spacial score (nSPS) is 11.4. The van der Waals surface area contributed by atoms with Crippen LogP contribution in [0.1, 0.15) is 17.5 Å². The lowest BCUT2D eigenvalue weighted by atomic mass is 10.1. The van der Waals surface area contributed by atoms with Crippen molar-refractivity contribution >= 4 is 33.9 Å². The molecule has 0 saturated heterocycles. The van der Waals surface area contributed by atoms with Crippen LogP contribution in [0.25, 0.3) is 21.8 Å². The molecular weight excluding hydrogens is 336 g/mol. The van der Waals surface area contributed by atoms with Gasteiger partial charge in [-0.05, 0) is 42.3 Å². The second-order valence-electron chi connectivity index (χ2n) is 6.52. The molecule has 0 saturated carbocycles. The number of aromatic nitrogens is 2. The van der Waals surface area contributed by atoms with Crippen LogP contribution in [-0.4, -0.2) is 21.7 Å². The molecule has 4 aromatic rings. The van der Waals surface area contributed by atoms with Gasteiger partial charge in [0.25, 0.3) is 0 Å². The van der Waals surface area contributed by atoms with E-state index in [1.165, 1.54) is 10.9 Å². The van der Waals surface area contributed by atoms with Gasteiger partial charge in [0.1, 0.15) is 0 Å². The number of nitrogens with one attached hydrogen (secondary N) is 1. The summed E-state index contributed by atoms with van der Waals surface area (Å²) in [5, 5.41) is 6.34.